The topological polar surface area (TPSA) is 49.9 Å². The standard InChI is InChI=1S/C21H22B2FN3O/c1-13(17-10-15(22)11-18-19(17)26-27-20(18)23)28-12-21(6-8-25-9-7-21)14-2-4-16(24)5-3-14/h2-5,10-11,13,25H,6-9,12H2,1H3,(H,26,27)/t13-/m1/s1. The highest BCUT2D eigenvalue weighted by molar-refractivity contribution is 6.39. The van der Waals surface area contributed by atoms with E-state index in [0.29, 0.717) is 17.7 Å². The second-order valence-electron chi connectivity index (χ2n) is 7.63. The Labute approximate surface area is 167 Å². The number of ether oxygens (including phenoxy) is 1. The predicted octanol–water partition coefficient (Wildman–Crippen LogP) is 1.69. The molecule has 4 nitrogen and oxygen atoms in total. The van der Waals surface area contributed by atoms with Crippen molar-refractivity contribution in [1.82, 2.24) is 15.5 Å². The predicted molar refractivity (Wildman–Crippen MR) is 111 cm³/mol. The van der Waals surface area contributed by atoms with E-state index in [4.69, 9.17) is 20.4 Å². The largest absolute Gasteiger partial charge is 0.373 e. The van der Waals surface area contributed by atoms with Gasteiger partial charge in [-0.05, 0) is 56.1 Å². The summed E-state index contributed by atoms with van der Waals surface area (Å²) in [5.41, 5.74) is 3.78. The summed E-state index contributed by atoms with van der Waals surface area (Å²) in [6.45, 7) is 4.36. The zero-order valence-electron chi connectivity index (χ0n) is 16.0. The minimum absolute atomic E-state index is 0.142. The molecule has 1 aliphatic heterocycles. The second kappa shape index (κ2) is 7.72. The Morgan fingerprint density at radius 1 is 1.18 bits per heavy atom. The van der Waals surface area contributed by atoms with E-state index in [2.05, 4.69) is 15.5 Å². The number of hydrogen-bond donors (Lipinski definition) is 2. The highest BCUT2D eigenvalue weighted by atomic mass is 19.1. The van der Waals surface area contributed by atoms with Gasteiger partial charge in [-0.1, -0.05) is 29.7 Å². The first-order chi connectivity index (χ1) is 13.5. The molecule has 140 valence electrons. The van der Waals surface area contributed by atoms with Crippen LogP contribution in [0.25, 0.3) is 10.9 Å². The van der Waals surface area contributed by atoms with Gasteiger partial charge in [-0.15, -0.1) is 0 Å². The Hall–Kier alpha value is -2.11. The maximum absolute atomic E-state index is 13.4. The summed E-state index contributed by atoms with van der Waals surface area (Å²) in [6.07, 6.45) is 1.67. The van der Waals surface area contributed by atoms with Crippen molar-refractivity contribution in [2.75, 3.05) is 19.7 Å². The summed E-state index contributed by atoms with van der Waals surface area (Å²) in [6, 6.07) is 10.5. The summed E-state index contributed by atoms with van der Waals surface area (Å²) in [7, 11) is 12.0. The Bertz CT molecular complexity index is 968. The van der Waals surface area contributed by atoms with E-state index in [1.165, 1.54) is 12.1 Å². The minimum atomic E-state index is -0.222. The number of fused-ring (bicyclic) bond motifs is 1. The van der Waals surface area contributed by atoms with Crippen molar-refractivity contribution in [3.05, 3.63) is 53.3 Å². The third-order valence-corrected chi connectivity index (χ3v) is 5.80. The molecule has 1 atom stereocenters. The molecule has 1 fully saturated rings. The number of piperidine rings is 1. The maximum Gasteiger partial charge on any atom is 0.141 e. The molecule has 0 saturated carbocycles. The van der Waals surface area contributed by atoms with Crippen molar-refractivity contribution in [3.8, 4) is 0 Å². The van der Waals surface area contributed by atoms with E-state index in [0.717, 1.165) is 48.0 Å². The zero-order valence-corrected chi connectivity index (χ0v) is 16.0. The van der Waals surface area contributed by atoms with Crippen molar-refractivity contribution >= 4 is 37.7 Å². The molecule has 4 radical (unpaired) electrons. The van der Waals surface area contributed by atoms with Gasteiger partial charge >= 0.3 is 0 Å². The third-order valence-electron chi connectivity index (χ3n) is 5.80. The van der Waals surface area contributed by atoms with Crippen molar-refractivity contribution < 1.29 is 9.13 Å². The number of hydrogen-bond acceptors (Lipinski definition) is 3. The normalized spacial score (nSPS) is 17.6. The molecule has 0 spiro atoms. The average molecular weight is 373 g/mol. The first kappa shape index (κ1) is 19.2. The van der Waals surface area contributed by atoms with Crippen LogP contribution in [0.15, 0.2) is 36.4 Å². The lowest BCUT2D eigenvalue weighted by Gasteiger charge is -2.38. The zero-order chi connectivity index (χ0) is 19.7. The van der Waals surface area contributed by atoms with E-state index in [1.807, 2.05) is 31.2 Å². The highest BCUT2D eigenvalue weighted by Gasteiger charge is 2.35. The molecule has 2 N–H and O–H groups in total. The molecule has 4 rings (SSSR count). The van der Waals surface area contributed by atoms with Crippen LogP contribution in [0, 0.1) is 5.82 Å². The average Bonchev–Trinajstić information content (AvgIpc) is 3.07. The smallest absolute Gasteiger partial charge is 0.141 e. The molecule has 1 aliphatic rings. The summed E-state index contributed by atoms with van der Waals surface area (Å²) in [5.74, 6) is -0.222. The van der Waals surface area contributed by atoms with Gasteiger partial charge in [0, 0.05) is 16.4 Å². The molecule has 0 unspecified atom stereocenters. The molecule has 3 aromatic rings. The van der Waals surface area contributed by atoms with Crippen LogP contribution in [-0.4, -0.2) is 45.6 Å². The summed E-state index contributed by atoms with van der Waals surface area (Å²) < 4.78 is 19.8. The van der Waals surface area contributed by atoms with Crippen LogP contribution in [-0.2, 0) is 10.2 Å². The van der Waals surface area contributed by atoms with E-state index >= 15 is 0 Å². The summed E-state index contributed by atoms with van der Waals surface area (Å²) in [4.78, 5) is 0. The molecular formula is C21H22B2FN3O. The SMILES string of the molecule is [B]c1cc([C@@H](C)OCC2(c3ccc(F)cc3)CCNCC2)c2n[nH]c([B])c2c1. The van der Waals surface area contributed by atoms with Crippen molar-refractivity contribution in [3.63, 3.8) is 0 Å². The lowest BCUT2D eigenvalue weighted by molar-refractivity contribution is 0.0173. The fourth-order valence-electron chi connectivity index (χ4n) is 4.10. The molecule has 28 heavy (non-hydrogen) atoms. The van der Waals surface area contributed by atoms with Gasteiger partial charge in [0.25, 0.3) is 0 Å². The van der Waals surface area contributed by atoms with Crippen molar-refractivity contribution in [2.24, 2.45) is 0 Å². The molecule has 2 heterocycles. The second-order valence-corrected chi connectivity index (χ2v) is 7.63. The number of nitrogens with zero attached hydrogens (tertiary/aromatic N) is 1. The summed E-state index contributed by atoms with van der Waals surface area (Å²) >= 11 is 0. The first-order valence-corrected chi connectivity index (χ1v) is 9.60. The van der Waals surface area contributed by atoms with Crippen LogP contribution in [0.2, 0.25) is 0 Å². The Morgan fingerprint density at radius 2 is 1.89 bits per heavy atom. The molecule has 7 heteroatoms. The first-order valence-electron chi connectivity index (χ1n) is 9.60. The van der Waals surface area contributed by atoms with E-state index < -0.39 is 0 Å². The van der Waals surface area contributed by atoms with Crippen LogP contribution in [0.3, 0.4) is 0 Å². The van der Waals surface area contributed by atoms with Crippen LogP contribution < -0.4 is 16.4 Å². The molecule has 0 aliphatic carbocycles. The fraction of sp³-hybridized carbons (Fsp3) is 0.381. The van der Waals surface area contributed by atoms with Gasteiger partial charge in [0.05, 0.1) is 18.2 Å². The van der Waals surface area contributed by atoms with E-state index in [1.54, 1.807) is 0 Å². The number of nitrogens with one attached hydrogen (secondary N) is 2. The van der Waals surface area contributed by atoms with Crippen molar-refractivity contribution in [1.29, 1.82) is 0 Å². The molecule has 0 bridgehead atoms. The van der Waals surface area contributed by atoms with Crippen LogP contribution in [0.1, 0.15) is 37.0 Å². The maximum atomic E-state index is 13.4. The van der Waals surface area contributed by atoms with Gasteiger partial charge in [0.1, 0.15) is 21.5 Å². The number of aromatic amines is 1. The van der Waals surface area contributed by atoms with Crippen LogP contribution >= 0.6 is 0 Å². The number of aromatic nitrogens is 2. The van der Waals surface area contributed by atoms with Gasteiger partial charge in [-0.2, -0.15) is 5.10 Å². The number of halogens is 1. The lowest BCUT2D eigenvalue weighted by Crippen LogP contribution is -2.43. The van der Waals surface area contributed by atoms with Gasteiger partial charge in [0.2, 0.25) is 0 Å². The van der Waals surface area contributed by atoms with Gasteiger partial charge in [0.15, 0.2) is 0 Å². The molecular weight excluding hydrogens is 351 g/mol. The Morgan fingerprint density at radius 3 is 2.61 bits per heavy atom. The van der Waals surface area contributed by atoms with E-state index in [-0.39, 0.29) is 17.3 Å². The molecule has 1 aromatic heterocycles. The van der Waals surface area contributed by atoms with Gasteiger partial charge < -0.3 is 10.1 Å². The number of H-pyrrole nitrogens is 1. The molecule has 1 saturated heterocycles. The van der Waals surface area contributed by atoms with Gasteiger partial charge in [-0.25, -0.2) is 4.39 Å². The van der Waals surface area contributed by atoms with E-state index in [9.17, 15) is 4.39 Å². The third kappa shape index (κ3) is 3.61. The molecule has 2 aromatic carbocycles. The number of rotatable bonds is 5. The Kier molecular flexibility index (Phi) is 5.30. The lowest BCUT2D eigenvalue weighted by atomic mass is 9.74. The molecule has 0 amide bonds. The highest BCUT2D eigenvalue weighted by Crippen LogP contribution is 2.36. The monoisotopic (exact) mass is 373 g/mol. The van der Waals surface area contributed by atoms with Crippen LogP contribution in [0.4, 0.5) is 4.39 Å². The quantitative estimate of drug-likeness (QED) is 0.670. The van der Waals surface area contributed by atoms with Crippen molar-refractivity contribution in [2.45, 2.75) is 31.3 Å². The Balaban J connectivity index is 1.60. The van der Waals surface area contributed by atoms with Gasteiger partial charge in [-0.3, -0.25) is 5.10 Å². The minimum Gasteiger partial charge on any atom is -0.373 e. The fourth-order valence-corrected chi connectivity index (χ4v) is 4.10. The number of benzene rings is 2. The van der Waals surface area contributed by atoms with Crippen LogP contribution in [0.5, 0.6) is 0 Å². The summed E-state index contributed by atoms with van der Waals surface area (Å²) in [5, 5.41) is 11.3.